The van der Waals surface area contributed by atoms with E-state index in [4.69, 9.17) is 4.74 Å². The Balaban J connectivity index is 1.50. The predicted molar refractivity (Wildman–Crippen MR) is 115 cm³/mol. The lowest BCUT2D eigenvalue weighted by Crippen LogP contribution is -2.39. The maximum Gasteiger partial charge on any atom is 0.241 e. The zero-order valence-corrected chi connectivity index (χ0v) is 16.5. The van der Waals surface area contributed by atoms with Crippen molar-refractivity contribution in [3.05, 3.63) is 78.6 Å². The van der Waals surface area contributed by atoms with Crippen molar-refractivity contribution in [1.29, 1.82) is 0 Å². The third-order valence-electron chi connectivity index (χ3n) is 5.39. The van der Waals surface area contributed by atoms with Crippen molar-refractivity contribution < 1.29 is 9.53 Å². The summed E-state index contributed by atoms with van der Waals surface area (Å²) in [5, 5.41) is 3.17. The topological polar surface area (TPSA) is 54.5 Å². The highest BCUT2D eigenvalue weighted by atomic mass is 16.5. The van der Waals surface area contributed by atoms with Crippen LogP contribution in [0.3, 0.4) is 0 Å². The molecule has 29 heavy (non-hydrogen) atoms. The molecule has 0 spiro atoms. The highest BCUT2D eigenvalue weighted by Gasteiger charge is 2.31. The van der Waals surface area contributed by atoms with Gasteiger partial charge in [-0.25, -0.2) is 0 Å². The number of hydrogen-bond acceptors (Lipinski definition) is 4. The van der Waals surface area contributed by atoms with Gasteiger partial charge in [0.05, 0.1) is 13.2 Å². The number of likely N-dealkylation sites (tertiary alicyclic amines) is 1. The average molecular weight is 387 g/mol. The van der Waals surface area contributed by atoms with Gasteiger partial charge in [-0.3, -0.25) is 14.7 Å². The molecule has 0 bridgehead atoms. The number of amides is 1. The van der Waals surface area contributed by atoms with Crippen LogP contribution < -0.4 is 10.1 Å². The molecule has 1 aliphatic rings. The van der Waals surface area contributed by atoms with Gasteiger partial charge in [0.15, 0.2) is 0 Å². The van der Waals surface area contributed by atoms with Crippen molar-refractivity contribution in [2.24, 2.45) is 0 Å². The lowest BCUT2D eigenvalue weighted by Gasteiger charge is -2.24. The van der Waals surface area contributed by atoms with Gasteiger partial charge in [0.25, 0.3) is 0 Å². The van der Waals surface area contributed by atoms with Crippen LogP contribution in [0.15, 0.2) is 73.1 Å². The summed E-state index contributed by atoms with van der Waals surface area (Å²) in [7, 11) is 1.66. The fraction of sp³-hybridized carbons (Fsp3) is 0.250. The Bertz CT molecular complexity index is 957. The van der Waals surface area contributed by atoms with Crippen LogP contribution in [0.2, 0.25) is 0 Å². The Labute approximate surface area is 171 Å². The third-order valence-corrected chi connectivity index (χ3v) is 5.39. The second-order valence-electron chi connectivity index (χ2n) is 7.25. The van der Waals surface area contributed by atoms with Crippen LogP contribution in [0.1, 0.15) is 18.4 Å². The van der Waals surface area contributed by atoms with Crippen LogP contribution >= 0.6 is 0 Å². The number of hydrogen-bond donors (Lipinski definition) is 1. The molecule has 1 unspecified atom stereocenters. The number of nitrogens with one attached hydrogen (secondary N) is 1. The zero-order chi connectivity index (χ0) is 20.1. The third kappa shape index (κ3) is 4.46. The molecule has 4 rings (SSSR count). The average Bonchev–Trinajstić information content (AvgIpc) is 3.23. The Morgan fingerprint density at radius 3 is 2.62 bits per heavy atom. The molecule has 0 radical (unpaired) electrons. The van der Waals surface area contributed by atoms with Crippen LogP contribution in [0.25, 0.3) is 11.1 Å². The first kappa shape index (κ1) is 19.2. The van der Waals surface area contributed by atoms with Crippen molar-refractivity contribution in [2.45, 2.75) is 25.4 Å². The Kier molecular flexibility index (Phi) is 5.86. The molecule has 3 aromatic rings. The van der Waals surface area contributed by atoms with E-state index < -0.39 is 0 Å². The SMILES string of the molecule is COc1ccc(-c2ccccc2NC(=O)C2CCCN2Cc2ccncc2)cc1. The van der Waals surface area contributed by atoms with Gasteiger partial charge >= 0.3 is 0 Å². The Hall–Kier alpha value is -3.18. The van der Waals surface area contributed by atoms with Crippen molar-refractivity contribution in [1.82, 2.24) is 9.88 Å². The highest BCUT2D eigenvalue weighted by Crippen LogP contribution is 2.30. The zero-order valence-electron chi connectivity index (χ0n) is 16.5. The van der Waals surface area contributed by atoms with Crippen LogP contribution in [0, 0.1) is 0 Å². The van der Waals surface area contributed by atoms with Crippen molar-refractivity contribution in [3.63, 3.8) is 0 Å². The van der Waals surface area contributed by atoms with E-state index in [-0.39, 0.29) is 11.9 Å². The fourth-order valence-electron chi connectivity index (χ4n) is 3.87. The smallest absolute Gasteiger partial charge is 0.241 e. The lowest BCUT2D eigenvalue weighted by molar-refractivity contribution is -0.120. The number of carbonyl (C=O) groups excluding carboxylic acids is 1. The van der Waals surface area contributed by atoms with Gasteiger partial charge in [-0.15, -0.1) is 0 Å². The van der Waals surface area contributed by atoms with E-state index in [1.807, 2.05) is 60.7 Å². The number of carbonyl (C=O) groups is 1. The molecule has 1 aromatic heterocycles. The van der Waals surface area contributed by atoms with Gasteiger partial charge in [0, 0.05) is 30.2 Å². The van der Waals surface area contributed by atoms with Crippen LogP contribution in [0.5, 0.6) is 5.75 Å². The molecule has 0 aliphatic carbocycles. The first-order valence-corrected chi connectivity index (χ1v) is 9.92. The molecule has 0 saturated carbocycles. The number of methoxy groups -OCH3 is 1. The molecule has 1 atom stereocenters. The van der Waals surface area contributed by atoms with E-state index in [1.54, 1.807) is 19.5 Å². The minimum atomic E-state index is -0.118. The van der Waals surface area contributed by atoms with Gasteiger partial charge in [-0.1, -0.05) is 30.3 Å². The van der Waals surface area contributed by atoms with Gasteiger partial charge in [0.2, 0.25) is 5.91 Å². The predicted octanol–water partition coefficient (Wildman–Crippen LogP) is 4.36. The molecule has 148 valence electrons. The van der Waals surface area contributed by atoms with Gasteiger partial charge in [0.1, 0.15) is 5.75 Å². The Morgan fingerprint density at radius 1 is 1.10 bits per heavy atom. The normalized spacial score (nSPS) is 16.5. The van der Waals surface area contributed by atoms with E-state index in [0.29, 0.717) is 0 Å². The molecule has 5 nitrogen and oxygen atoms in total. The minimum absolute atomic E-state index is 0.0533. The summed E-state index contributed by atoms with van der Waals surface area (Å²) in [5.74, 6) is 0.866. The fourth-order valence-corrected chi connectivity index (χ4v) is 3.87. The van der Waals surface area contributed by atoms with Gasteiger partial charge in [-0.05, 0) is 60.8 Å². The lowest BCUT2D eigenvalue weighted by atomic mass is 10.0. The van der Waals surface area contributed by atoms with E-state index in [1.165, 1.54) is 5.56 Å². The summed E-state index contributed by atoms with van der Waals surface area (Å²) in [6, 6.07) is 19.7. The van der Waals surface area contributed by atoms with E-state index in [9.17, 15) is 4.79 Å². The van der Waals surface area contributed by atoms with Crippen molar-refractivity contribution in [3.8, 4) is 16.9 Å². The molecule has 1 saturated heterocycles. The standard InChI is InChI=1S/C24H25N3O2/c1-29-20-10-8-19(9-11-20)21-5-2-3-6-22(21)26-24(28)23-7-4-16-27(23)17-18-12-14-25-15-13-18/h2-3,5-6,8-15,23H,4,7,16-17H2,1H3,(H,26,28). The molecule has 2 aromatic carbocycles. The summed E-state index contributed by atoms with van der Waals surface area (Å²) in [4.78, 5) is 19.4. The summed E-state index contributed by atoms with van der Waals surface area (Å²) in [5.41, 5.74) is 4.06. The number of rotatable bonds is 6. The summed E-state index contributed by atoms with van der Waals surface area (Å²) >= 11 is 0. The molecule has 1 aliphatic heterocycles. The molecule has 1 N–H and O–H groups in total. The largest absolute Gasteiger partial charge is 0.497 e. The monoisotopic (exact) mass is 387 g/mol. The quantitative estimate of drug-likeness (QED) is 0.683. The van der Waals surface area contributed by atoms with E-state index in [0.717, 1.165) is 48.5 Å². The second-order valence-corrected chi connectivity index (χ2v) is 7.25. The summed E-state index contributed by atoms with van der Waals surface area (Å²) in [6.07, 6.45) is 5.50. The van der Waals surface area contributed by atoms with E-state index in [2.05, 4.69) is 15.2 Å². The Morgan fingerprint density at radius 2 is 1.86 bits per heavy atom. The van der Waals surface area contributed by atoms with Crippen molar-refractivity contribution in [2.75, 3.05) is 19.0 Å². The number of para-hydroxylation sites is 1. The molecule has 1 fully saturated rings. The number of anilines is 1. The summed E-state index contributed by atoms with van der Waals surface area (Å²) in [6.45, 7) is 1.70. The molecular formula is C24H25N3O2. The van der Waals surface area contributed by atoms with Gasteiger partial charge < -0.3 is 10.1 Å². The number of ether oxygens (including phenoxy) is 1. The van der Waals surface area contributed by atoms with E-state index >= 15 is 0 Å². The first-order chi connectivity index (χ1) is 14.2. The van der Waals surface area contributed by atoms with Crippen molar-refractivity contribution >= 4 is 11.6 Å². The molecule has 2 heterocycles. The second kappa shape index (κ2) is 8.88. The first-order valence-electron chi connectivity index (χ1n) is 9.92. The number of aromatic nitrogens is 1. The summed E-state index contributed by atoms with van der Waals surface area (Å²) < 4.78 is 5.25. The minimum Gasteiger partial charge on any atom is -0.497 e. The number of pyridine rings is 1. The number of nitrogens with zero attached hydrogens (tertiary/aromatic N) is 2. The van der Waals surface area contributed by atoms with Crippen LogP contribution in [-0.4, -0.2) is 35.5 Å². The highest BCUT2D eigenvalue weighted by molar-refractivity contribution is 5.98. The van der Waals surface area contributed by atoms with Crippen LogP contribution in [0.4, 0.5) is 5.69 Å². The molecule has 1 amide bonds. The maximum absolute atomic E-state index is 13.1. The maximum atomic E-state index is 13.1. The molecule has 5 heteroatoms. The number of benzene rings is 2. The molecular weight excluding hydrogens is 362 g/mol. The van der Waals surface area contributed by atoms with Gasteiger partial charge in [-0.2, -0.15) is 0 Å². The van der Waals surface area contributed by atoms with Crippen LogP contribution in [-0.2, 0) is 11.3 Å².